The molecular formula is C21H26FN5. The molecular weight excluding hydrogens is 341 g/mol. The number of alkyl halides is 1. The zero-order valence-electron chi connectivity index (χ0n) is 15.8. The first-order valence-electron chi connectivity index (χ1n) is 9.87. The van der Waals surface area contributed by atoms with Crippen molar-refractivity contribution in [3.63, 3.8) is 0 Å². The number of hydrogen-bond donors (Lipinski definition) is 1. The molecule has 1 aromatic heterocycles. The third kappa shape index (κ3) is 3.89. The monoisotopic (exact) mass is 367 g/mol. The van der Waals surface area contributed by atoms with Crippen LogP contribution in [-0.2, 0) is 0 Å². The minimum absolute atomic E-state index is 0.0289. The van der Waals surface area contributed by atoms with Gasteiger partial charge in [0.15, 0.2) is 0 Å². The number of rotatable bonds is 3. The van der Waals surface area contributed by atoms with Crippen LogP contribution >= 0.6 is 0 Å². The largest absolute Gasteiger partial charge is 0.364 e. The van der Waals surface area contributed by atoms with Crippen LogP contribution in [0.5, 0.6) is 0 Å². The maximum Gasteiger partial charge on any atom is 0.137 e. The summed E-state index contributed by atoms with van der Waals surface area (Å²) >= 11 is 0. The van der Waals surface area contributed by atoms with Crippen molar-refractivity contribution < 1.29 is 4.39 Å². The molecule has 1 N–H and O–H groups in total. The van der Waals surface area contributed by atoms with Crippen molar-refractivity contribution in [3.8, 4) is 6.07 Å². The quantitative estimate of drug-likeness (QED) is 0.887. The number of anilines is 1. The van der Waals surface area contributed by atoms with Crippen molar-refractivity contribution in [2.75, 3.05) is 18.4 Å². The minimum atomic E-state index is -0.610. The van der Waals surface area contributed by atoms with Gasteiger partial charge >= 0.3 is 0 Å². The predicted molar refractivity (Wildman–Crippen MR) is 104 cm³/mol. The molecule has 6 heteroatoms. The van der Waals surface area contributed by atoms with Gasteiger partial charge in [-0.1, -0.05) is 0 Å². The van der Waals surface area contributed by atoms with Gasteiger partial charge in [0.25, 0.3) is 0 Å². The highest BCUT2D eigenvalue weighted by Crippen LogP contribution is 2.35. The molecule has 142 valence electrons. The highest BCUT2D eigenvalue weighted by molar-refractivity contribution is 5.90. The number of fused-ring (bicyclic) bond motifs is 1. The average Bonchev–Trinajstić information content (AvgIpc) is 2.69. The number of nitriles is 1. The summed E-state index contributed by atoms with van der Waals surface area (Å²) in [7, 11) is 0. The fourth-order valence-electron chi connectivity index (χ4n) is 4.47. The summed E-state index contributed by atoms with van der Waals surface area (Å²) < 4.78 is 13.4. The fraction of sp³-hybridized carbons (Fsp3) is 0.571. The van der Waals surface area contributed by atoms with Crippen LogP contribution in [0.15, 0.2) is 24.5 Å². The van der Waals surface area contributed by atoms with Crippen LogP contribution in [-0.4, -0.2) is 45.7 Å². The van der Waals surface area contributed by atoms with Crippen molar-refractivity contribution in [3.05, 3.63) is 30.1 Å². The van der Waals surface area contributed by atoms with E-state index >= 15 is 0 Å². The van der Waals surface area contributed by atoms with Crippen LogP contribution in [0, 0.1) is 11.3 Å². The summed E-state index contributed by atoms with van der Waals surface area (Å²) in [5.74, 6) is 0.802. The van der Waals surface area contributed by atoms with Gasteiger partial charge < -0.3 is 10.2 Å². The number of aromatic nitrogens is 2. The molecule has 1 aliphatic carbocycles. The fourth-order valence-corrected chi connectivity index (χ4v) is 4.47. The van der Waals surface area contributed by atoms with Crippen molar-refractivity contribution in [1.82, 2.24) is 14.9 Å². The number of nitrogens with one attached hydrogen (secondary N) is 1. The summed E-state index contributed by atoms with van der Waals surface area (Å²) in [5, 5.41) is 13.7. The maximum atomic E-state index is 13.4. The van der Waals surface area contributed by atoms with Gasteiger partial charge in [-0.25, -0.2) is 14.4 Å². The Morgan fingerprint density at radius 3 is 2.63 bits per heavy atom. The second kappa shape index (κ2) is 7.40. The molecule has 5 nitrogen and oxygen atoms in total. The van der Waals surface area contributed by atoms with E-state index in [1.54, 1.807) is 12.4 Å². The smallest absolute Gasteiger partial charge is 0.137 e. The predicted octanol–water partition coefficient (Wildman–Crippen LogP) is 4.05. The molecule has 0 unspecified atom stereocenters. The third-order valence-electron chi connectivity index (χ3n) is 6.22. The second-order valence-corrected chi connectivity index (χ2v) is 8.19. The molecule has 1 saturated carbocycles. The number of halogens is 1. The first kappa shape index (κ1) is 18.1. The third-order valence-corrected chi connectivity index (χ3v) is 6.22. The Hall–Kier alpha value is -2.26. The number of nitrogens with zero attached hydrogens (tertiary/aromatic N) is 4. The van der Waals surface area contributed by atoms with Crippen LogP contribution in [0.4, 0.5) is 10.2 Å². The Kier molecular flexibility index (Phi) is 4.96. The Bertz CT molecular complexity index is 845. The molecule has 1 saturated heterocycles. The van der Waals surface area contributed by atoms with Gasteiger partial charge in [-0.2, -0.15) is 5.26 Å². The van der Waals surface area contributed by atoms with E-state index in [4.69, 9.17) is 0 Å². The first-order valence-corrected chi connectivity index (χ1v) is 9.87. The van der Waals surface area contributed by atoms with Crippen LogP contribution in [0.2, 0.25) is 0 Å². The van der Waals surface area contributed by atoms with Gasteiger partial charge in [0.2, 0.25) is 0 Å². The highest BCUT2D eigenvalue weighted by atomic mass is 19.1. The lowest BCUT2D eigenvalue weighted by molar-refractivity contribution is 0.0812. The molecule has 1 aromatic carbocycles. The molecule has 0 amide bonds. The van der Waals surface area contributed by atoms with E-state index in [9.17, 15) is 9.65 Å². The summed E-state index contributed by atoms with van der Waals surface area (Å²) in [5.41, 5.74) is 1.43. The molecule has 2 fully saturated rings. The van der Waals surface area contributed by atoms with Crippen LogP contribution < -0.4 is 5.32 Å². The molecule has 2 heterocycles. The summed E-state index contributed by atoms with van der Waals surface area (Å²) in [6.45, 7) is 4.03. The zero-order valence-corrected chi connectivity index (χ0v) is 15.8. The summed E-state index contributed by atoms with van der Waals surface area (Å²) in [6, 6.07) is 8.27. The summed E-state index contributed by atoms with van der Waals surface area (Å²) in [6.07, 6.45) is 6.67. The number of hydrogen-bond acceptors (Lipinski definition) is 5. The van der Waals surface area contributed by atoms with Crippen molar-refractivity contribution in [2.45, 2.75) is 63.2 Å². The first-order chi connectivity index (χ1) is 13.1. The molecule has 2 aromatic rings. The normalized spacial score (nSPS) is 27.4. The van der Waals surface area contributed by atoms with E-state index in [1.165, 1.54) is 0 Å². The van der Waals surface area contributed by atoms with E-state index in [-0.39, 0.29) is 5.54 Å². The molecule has 4 rings (SSSR count). The Morgan fingerprint density at radius 1 is 1.19 bits per heavy atom. The zero-order chi connectivity index (χ0) is 18.9. The van der Waals surface area contributed by atoms with E-state index in [1.807, 2.05) is 12.1 Å². The average molecular weight is 367 g/mol. The Balaban J connectivity index is 1.46. The van der Waals surface area contributed by atoms with Gasteiger partial charge in [0, 0.05) is 30.1 Å². The number of piperidine rings is 1. The van der Waals surface area contributed by atoms with Gasteiger partial charge in [0.1, 0.15) is 18.3 Å². The Labute approximate surface area is 159 Å². The maximum absolute atomic E-state index is 13.4. The lowest BCUT2D eigenvalue weighted by Crippen LogP contribution is -2.48. The van der Waals surface area contributed by atoms with E-state index in [2.05, 4.69) is 33.2 Å². The number of benzene rings is 1. The highest BCUT2D eigenvalue weighted by Gasteiger charge is 2.35. The van der Waals surface area contributed by atoms with E-state index in [0.29, 0.717) is 24.4 Å². The summed E-state index contributed by atoms with van der Waals surface area (Å²) in [4.78, 5) is 11.3. The van der Waals surface area contributed by atoms with Gasteiger partial charge in [-0.05, 0) is 63.6 Å². The van der Waals surface area contributed by atoms with E-state index < -0.39 is 6.17 Å². The molecule has 1 aliphatic heterocycles. The lowest BCUT2D eigenvalue weighted by Gasteiger charge is -2.44. The number of likely N-dealkylation sites (tertiary alicyclic amines) is 1. The molecule has 2 aliphatic rings. The van der Waals surface area contributed by atoms with Crippen LogP contribution in [0.3, 0.4) is 0 Å². The van der Waals surface area contributed by atoms with Crippen molar-refractivity contribution >= 4 is 16.7 Å². The molecule has 0 bridgehead atoms. The topological polar surface area (TPSA) is 64.8 Å². The standard InChI is InChI=1S/C21H26FN5/c1-21(8-4-17(5-9-21)27-10-6-16(22)7-11-27)26-20-18-12-15(13-23)2-3-19(18)24-14-25-20/h2-3,12,14,16-17H,4-11H2,1H3,(H,24,25,26). The molecule has 0 radical (unpaired) electrons. The lowest BCUT2D eigenvalue weighted by atomic mass is 9.79. The van der Waals surface area contributed by atoms with Gasteiger partial charge in [-0.15, -0.1) is 0 Å². The van der Waals surface area contributed by atoms with Gasteiger partial charge in [-0.3, -0.25) is 0 Å². The SMILES string of the molecule is CC1(Nc2ncnc3ccc(C#N)cc23)CCC(N2CCC(F)CC2)CC1. The van der Waals surface area contributed by atoms with Crippen LogP contribution in [0.25, 0.3) is 10.9 Å². The van der Waals surface area contributed by atoms with Crippen LogP contribution in [0.1, 0.15) is 51.0 Å². The molecule has 0 atom stereocenters. The molecule has 0 spiro atoms. The van der Waals surface area contributed by atoms with E-state index in [0.717, 1.165) is 55.5 Å². The van der Waals surface area contributed by atoms with Gasteiger partial charge in [0.05, 0.1) is 17.1 Å². The Morgan fingerprint density at radius 2 is 1.93 bits per heavy atom. The van der Waals surface area contributed by atoms with Crippen molar-refractivity contribution in [2.24, 2.45) is 0 Å². The second-order valence-electron chi connectivity index (χ2n) is 8.19. The minimum Gasteiger partial charge on any atom is -0.364 e. The van der Waals surface area contributed by atoms with Crippen molar-refractivity contribution in [1.29, 1.82) is 5.26 Å². The molecule has 27 heavy (non-hydrogen) atoms.